The van der Waals surface area contributed by atoms with Crippen molar-refractivity contribution in [3.8, 4) is 0 Å². The van der Waals surface area contributed by atoms with Crippen LogP contribution in [-0.4, -0.2) is 24.2 Å². The van der Waals surface area contributed by atoms with Gasteiger partial charge in [0.05, 0.1) is 12.7 Å². The number of hydrogen-bond donors (Lipinski definition) is 2. The molecule has 1 aromatic carbocycles. The first kappa shape index (κ1) is 17.4. The Morgan fingerprint density at radius 1 is 1.30 bits per heavy atom. The van der Waals surface area contributed by atoms with Gasteiger partial charge in [-0.1, -0.05) is 30.3 Å². The highest BCUT2D eigenvalue weighted by atomic mass is 32.1. The van der Waals surface area contributed by atoms with Crippen molar-refractivity contribution in [1.82, 2.24) is 5.32 Å². The summed E-state index contributed by atoms with van der Waals surface area (Å²) in [5.74, 6) is -0.365. The Morgan fingerprint density at radius 2 is 2.00 bits per heavy atom. The van der Waals surface area contributed by atoms with Crippen LogP contribution in [0.15, 0.2) is 36.4 Å². The molecule has 2 N–H and O–H groups in total. The quantitative estimate of drug-likeness (QED) is 0.635. The molecular weight excluding hydrogens is 328 g/mol. The van der Waals surface area contributed by atoms with Crippen LogP contribution >= 0.6 is 23.6 Å². The molecule has 0 radical (unpaired) electrons. The molecule has 0 atom stereocenters. The first-order valence-electron chi connectivity index (χ1n) is 7.32. The number of carbonyl (C=O) groups excluding carboxylic acids is 1. The molecule has 0 aliphatic heterocycles. The summed E-state index contributed by atoms with van der Waals surface area (Å²) < 4.78 is 4.87. The van der Waals surface area contributed by atoms with Gasteiger partial charge in [0.25, 0.3) is 0 Å². The molecule has 122 valence electrons. The van der Waals surface area contributed by atoms with E-state index in [4.69, 9.17) is 17.0 Å². The van der Waals surface area contributed by atoms with E-state index >= 15 is 0 Å². The van der Waals surface area contributed by atoms with Crippen molar-refractivity contribution in [3.63, 3.8) is 0 Å². The number of thiocarbonyl (C=S) groups is 1. The van der Waals surface area contributed by atoms with Crippen LogP contribution in [0.5, 0.6) is 0 Å². The summed E-state index contributed by atoms with van der Waals surface area (Å²) >= 11 is 6.78. The van der Waals surface area contributed by atoms with Crippen molar-refractivity contribution in [2.24, 2.45) is 0 Å². The van der Waals surface area contributed by atoms with Gasteiger partial charge in [0.2, 0.25) is 0 Å². The zero-order valence-corrected chi connectivity index (χ0v) is 15.0. The van der Waals surface area contributed by atoms with Crippen molar-refractivity contribution in [3.05, 3.63) is 52.4 Å². The topological polar surface area (TPSA) is 50.4 Å². The molecule has 0 spiro atoms. The number of carbonyl (C=O) groups is 1. The lowest BCUT2D eigenvalue weighted by atomic mass is 10.1. The van der Waals surface area contributed by atoms with Crippen LogP contribution in [0, 0.1) is 0 Å². The molecule has 1 heterocycles. The van der Waals surface area contributed by atoms with Crippen LogP contribution in [0.25, 0.3) is 0 Å². The summed E-state index contributed by atoms with van der Waals surface area (Å²) in [4.78, 5) is 13.1. The largest absolute Gasteiger partial charge is 0.465 e. The lowest BCUT2D eigenvalue weighted by Crippen LogP contribution is -2.34. The second-order valence-corrected chi connectivity index (χ2v) is 6.91. The number of methoxy groups -OCH3 is 1. The lowest BCUT2D eigenvalue weighted by Gasteiger charge is -2.12. The van der Waals surface area contributed by atoms with E-state index < -0.39 is 0 Å². The van der Waals surface area contributed by atoms with Crippen molar-refractivity contribution < 1.29 is 9.53 Å². The van der Waals surface area contributed by atoms with E-state index in [0.29, 0.717) is 15.7 Å². The zero-order valence-electron chi connectivity index (χ0n) is 13.4. The maximum atomic E-state index is 12.0. The third kappa shape index (κ3) is 5.04. The van der Waals surface area contributed by atoms with E-state index in [-0.39, 0.29) is 12.0 Å². The van der Waals surface area contributed by atoms with E-state index in [1.807, 2.05) is 38.1 Å². The van der Waals surface area contributed by atoms with Crippen molar-refractivity contribution in [2.75, 3.05) is 12.4 Å². The number of hydrogen-bond acceptors (Lipinski definition) is 4. The molecule has 0 bridgehead atoms. The Labute approximate surface area is 145 Å². The summed E-state index contributed by atoms with van der Waals surface area (Å²) in [7, 11) is 1.38. The lowest BCUT2D eigenvalue weighted by molar-refractivity contribution is 0.0602. The van der Waals surface area contributed by atoms with Gasteiger partial charge >= 0.3 is 5.97 Å². The highest BCUT2D eigenvalue weighted by Gasteiger charge is 2.18. The molecule has 6 heteroatoms. The van der Waals surface area contributed by atoms with E-state index in [2.05, 4.69) is 22.8 Å². The Hall–Kier alpha value is -1.92. The number of benzene rings is 1. The fourth-order valence-corrected chi connectivity index (χ4v) is 3.57. The van der Waals surface area contributed by atoms with Gasteiger partial charge in [-0.25, -0.2) is 4.79 Å². The maximum absolute atomic E-state index is 12.0. The minimum absolute atomic E-state index is 0.223. The van der Waals surface area contributed by atoms with E-state index in [1.54, 1.807) is 0 Å². The minimum Gasteiger partial charge on any atom is -0.465 e. The first-order chi connectivity index (χ1) is 11.0. The zero-order chi connectivity index (χ0) is 16.8. The van der Waals surface area contributed by atoms with Gasteiger partial charge in [-0.05, 0) is 37.7 Å². The van der Waals surface area contributed by atoms with Crippen LogP contribution in [0.1, 0.15) is 34.6 Å². The first-order valence-corrected chi connectivity index (χ1v) is 8.54. The molecule has 2 aromatic rings. The Kier molecular flexibility index (Phi) is 6.12. The average molecular weight is 348 g/mol. The molecule has 0 amide bonds. The molecule has 2 rings (SSSR count). The fraction of sp³-hybridized carbons (Fsp3) is 0.294. The van der Waals surface area contributed by atoms with Crippen molar-refractivity contribution in [2.45, 2.75) is 26.3 Å². The molecule has 0 aliphatic carbocycles. The molecule has 23 heavy (non-hydrogen) atoms. The van der Waals surface area contributed by atoms with Gasteiger partial charge in [0.1, 0.15) is 5.00 Å². The minimum atomic E-state index is -0.365. The van der Waals surface area contributed by atoms with Crippen molar-refractivity contribution in [1.29, 1.82) is 0 Å². The second-order valence-electron chi connectivity index (χ2n) is 5.36. The fourth-order valence-electron chi connectivity index (χ4n) is 2.08. The van der Waals surface area contributed by atoms with Crippen molar-refractivity contribution >= 4 is 39.6 Å². The average Bonchev–Trinajstić information content (AvgIpc) is 2.89. The summed E-state index contributed by atoms with van der Waals surface area (Å²) in [5.41, 5.74) is 1.70. The molecule has 0 unspecified atom stereocenters. The summed E-state index contributed by atoms with van der Waals surface area (Å²) in [6.07, 6.45) is 0.765. The van der Waals surface area contributed by atoms with Gasteiger partial charge in [-0.3, -0.25) is 0 Å². The van der Waals surface area contributed by atoms with Crippen LogP contribution in [-0.2, 0) is 11.2 Å². The standard InChI is InChI=1S/C17H20N2O2S2/c1-11(2)18-17(22)19-15-14(16(20)21-3)10-13(23-15)9-12-7-5-4-6-8-12/h4-8,10-11H,9H2,1-3H3,(H2,18,19,22). The summed E-state index contributed by atoms with van der Waals surface area (Å²) in [6.45, 7) is 4.01. The highest BCUT2D eigenvalue weighted by Crippen LogP contribution is 2.30. The third-order valence-corrected chi connectivity index (χ3v) is 4.33. The monoisotopic (exact) mass is 348 g/mol. The second kappa shape index (κ2) is 8.08. The van der Waals surface area contributed by atoms with Gasteiger partial charge in [0, 0.05) is 17.3 Å². The van der Waals surface area contributed by atoms with Crippen LogP contribution in [0.4, 0.5) is 5.00 Å². The number of anilines is 1. The molecule has 0 saturated heterocycles. The number of esters is 1. The summed E-state index contributed by atoms with van der Waals surface area (Å²) in [6, 6.07) is 12.2. The number of thiophene rings is 1. The van der Waals surface area contributed by atoms with Gasteiger partial charge in [-0.2, -0.15) is 0 Å². The molecule has 1 aromatic heterocycles. The number of nitrogens with one attached hydrogen (secondary N) is 2. The van der Waals surface area contributed by atoms with Gasteiger partial charge in [0.15, 0.2) is 5.11 Å². The highest BCUT2D eigenvalue weighted by molar-refractivity contribution is 7.80. The predicted octanol–water partition coefficient (Wildman–Crippen LogP) is 3.82. The number of ether oxygens (including phenoxy) is 1. The molecule has 4 nitrogen and oxygen atoms in total. The predicted molar refractivity (Wildman–Crippen MR) is 99.4 cm³/mol. The van der Waals surface area contributed by atoms with Gasteiger partial charge in [-0.15, -0.1) is 11.3 Å². The van der Waals surface area contributed by atoms with Crippen LogP contribution in [0.2, 0.25) is 0 Å². The van der Waals surface area contributed by atoms with Gasteiger partial charge < -0.3 is 15.4 Å². The SMILES string of the molecule is COC(=O)c1cc(Cc2ccccc2)sc1NC(=S)NC(C)C. The maximum Gasteiger partial charge on any atom is 0.340 e. The Balaban J connectivity index is 2.22. The molecule has 0 saturated carbocycles. The third-order valence-electron chi connectivity index (χ3n) is 3.06. The molecule has 0 fully saturated rings. The van der Waals surface area contributed by atoms with E-state index in [0.717, 1.165) is 11.3 Å². The van der Waals surface area contributed by atoms with Crippen LogP contribution < -0.4 is 10.6 Å². The Bertz CT molecular complexity index is 681. The molecular formula is C17H20N2O2S2. The molecule has 0 aliphatic rings. The Morgan fingerprint density at radius 3 is 2.61 bits per heavy atom. The van der Waals surface area contributed by atoms with Crippen LogP contribution in [0.3, 0.4) is 0 Å². The summed E-state index contributed by atoms with van der Waals surface area (Å²) in [5, 5.41) is 7.42. The normalized spacial score (nSPS) is 10.4. The van der Waals surface area contributed by atoms with E-state index in [9.17, 15) is 4.79 Å². The van der Waals surface area contributed by atoms with E-state index in [1.165, 1.54) is 24.0 Å². The smallest absolute Gasteiger partial charge is 0.340 e. The number of rotatable bonds is 5.